The summed E-state index contributed by atoms with van der Waals surface area (Å²) in [5.74, 6) is 0. The van der Waals surface area contributed by atoms with Crippen molar-refractivity contribution in [1.29, 1.82) is 0 Å². The molecule has 1 aromatic carbocycles. The first kappa shape index (κ1) is 10.5. The number of hydrogen-bond donors (Lipinski definition) is 1. The molecule has 0 aliphatic rings. The Morgan fingerprint density at radius 3 is 2.88 bits per heavy atom. The molecule has 0 radical (unpaired) electrons. The maximum Gasteiger partial charge on any atom is 0.101 e. The van der Waals surface area contributed by atoms with Gasteiger partial charge in [-0.3, -0.25) is 0 Å². The maximum absolute atomic E-state index is 9.18. The predicted octanol–water partition coefficient (Wildman–Crippen LogP) is 2.52. The highest BCUT2D eigenvalue weighted by Gasteiger charge is 2.14. The summed E-state index contributed by atoms with van der Waals surface area (Å²) >= 11 is 0. The highest BCUT2D eigenvalue weighted by atomic mass is 16.3. The minimum absolute atomic E-state index is 0.186. The number of azide groups is 1. The first-order chi connectivity index (χ1) is 7.77. The minimum atomic E-state index is -0.526. The normalized spacial score (nSPS) is 12.4. The lowest BCUT2D eigenvalue weighted by Gasteiger charge is -2.09. The Kier molecular flexibility index (Phi) is 2.81. The third-order valence-corrected chi connectivity index (χ3v) is 2.69. The second kappa shape index (κ2) is 4.26. The van der Waals surface area contributed by atoms with Gasteiger partial charge in [0, 0.05) is 23.2 Å². The Hall–Kier alpha value is -1.97. The fourth-order valence-electron chi connectivity index (χ4n) is 1.88. The quantitative estimate of drug-likeness (QED) is 0.477. The molecule has 0 saturated heterocycles. The van der Waals surface area contributed by atoms with Gasteiger partial charge in [0.15, 0.2) is 0 Å². The molecule has 1 N–H and O–H groups in total. The molecule has 1 heterocycles. The van der Waals surface area contributed by atoms with E-state index < -0.39 is 6.04 Å². The van der Waals surface area contributed by atoms with Crippen LogP contribution in [-0.2, 0) is 7.05 Å². The van der Waals surface area contributed by atoms with Gasteiger partial charge in [-0.2, -0.15) is 0 Å². The summed E-state index contributed by atoms with van der Waals surface area (Å²) < 4.78 is 1.94. The van der Waals surface area contributed by atoms with Crippen LogP contribution in [0.3, 0.4) is 0 Å². The van der Waals surface area contributed by atoms with Gasteiger partial charge in [0.2, 0.25) is 0 Å². The molecule has 5 nitrogen and oxygen atoms in total. The van der Waals surface area contributed by atoms with Gasteiger partial charge in [-0.25, -0.2) is 0 Å². The lowest BCUT2D eigenvalue weighted by Crippen LogP contribution is -2.05. The lowest BCUT2D eigenvalue weighted by molar-refractivity contribution is 0.264. The van der Waals surface area contributed by atoms with E-state index in [0.717, 1.165) is 16.6 Å². The topological polar surface area (TPSA) is 73.9 Å². The van der Waals surface area contributed by atoms with Crippen molar-refractivity contribution in [2.75, 3.05) is 6.61 Å². The fourth-order valence-corrected chi connectivity index (χ4v) is 1.88. The van der Waals surface area contributed by atoms with Crippen molar-refractivity contribution in [3.05, 3.63) is 46.5 Å². The summed E-state index contributed by atoms with van der Waals surface area (Å²) in [6.07, 6.45) is 0. The highest BCUT2D eigenvalue weighted by molar-refractivity contribution is 5.81. The SMILES string of the molecule is Cn1c(C(CO)N=[N+]=[N-])cc2ccccc21. The first-order valence-corrected chi connectivity index (χ1v) is 4.97. The van der Waals surface area contributed by atoms with Crippen molar-refractivity contribution in [3.63, 3.8) is 0 Å². The average molecular weight is 216 g/mol. The Bertz CT molecular complexity index is 554. The molecule has 0 bridgehead atoms. The van der Waals surface area contributed by atoms with Gasteiger partial charge in [-0.1, -0.05) is 23.3 Å². The van der Waals surface area contributed by atoms with Gasteiger partial charge in [0.05, 0.1) is 6.61 Å². The zero-order valence-electron chi connectivity index (χ0n) is 8.91. The van der Waals surface area contributed by atoms with Crippen LogP contribution in [0.25, 0.3) is 21.3 Å². The molecule has 0 amide bonds. The molecular weight excluding hydrogens is 204 g/mol. The van der Waals surface area contributed by atoms with Crippen molar-refractivity contribution in [3.8, 4) is 0 Å². The minimum Gasteiger partial charge on any atom is -0.396 e. The summed E-state index contributed by atoms with van der Waals surface area (Å²) in [5, 5.41) is 13.8. The molecule has 0 aliphatic heterocycles. The van der Waals surface area contributed by atoms with Crippen LogP contribution < -0.4 is 0 Å². The van der Waals surface area contributed by atoms with Gasteiger partial charge < -0.3 is 9.67 Å². The van der Waals surface area contributed by atoms with Crippen molar-refractivity contribution in [1.82, 2.24) is 4.57 Å². The number of rotatable bonds is 3. The summed E-state index contributed by atoms with van der Waals surface area (Å²) in [6.45, 7) is -0.186. The number of para-hydroxylation sites is 1. The summed E-state index contributed by atoms with van der Waals surface area (Å²) in [5.41, 5.74) is 10.3. The third-order valence-electron chi connectivity index (χ3n) is 2.69. The van der Waals surface area contributed by atoms with E-state index in [9.17, 15) is 5.11 Å². The summed E-state index contributed by atoms with van der Waals surface area (Å²) in [6, 6.07) is 9.29. The number of aliphatic hydroxyl groups is 1. The molecule has 0 saturated carbocycles. The van der Waals surface area contributed by atoms with Gasteiger partial charge >= 0.3 is 0 Å². The van der Waals surface area contributed by atoms with Crippen LogP contribution >= 0.6 is 0 Å². The van der Waals surface area contributed by atoms with E-state index in [2.05, 4.69) is 10.0 Å². The molecule has 82 valence electrons. The molecule has 0 spiro atoms. The molecule has 1 unspecified atom stereocenters. The molecule has 16 heavy (non-hydrogen) atoms. The van der Waals surface area contributed by atoms with E-state index in [0.29, 0.717) is 0 Å². The van der Waals surface area contributed by atoms with Crippen molar-refractivity contribution < 1.29 is 5.11 Å². The Labute approximate surface area is 92.6 Å². The number of aliphatic hydroxyl groups excluding tert-OH is 1. The van der Waals surface area contributed by atoms with Crippen molar-refractivity contribution >= 4 is 10.9 Å². The zero-order chi connectivity index (χ0) is 11.5. The van der Waals surface area contributed by atoms with E-state index in [1.807, 2.05) is 41.9 Å². The maximum atomic E-state index is 9.18. The largest absolute Gasteiger partial charge is 0.396 e. The van der Waals surface area contributed by atoms with E-state index in [-0.39, 0.29) is 6.61 Å². The van der Waals surface area contributed by atoms with E-state index in [1.165, 1.54) is 0 Å². The van der Waals surface area contributed by atoms with E-state index >= 15 is 0 Å². The van der Waals surface area contributed by atoms with Crippen LogP contribution in [-0.4, -0.2) is 16.3 Å². The number of nitrogens with zero attached hydrogens (tertiary/aromatic N) is 4. The molecule has 0 fully saturated rings. The van der Waals surface area contributed by atoms with Gasteiger partial charge in [0.1, 0.15) is 6.04 Å². The van der Waals surface area contributed by atoms with Crippen LogP contribution in [0.5, 0.6) is 0 Å². The van der Waals surface area contributed by atoms with Gasteiger partial charge in [0.25, 0.3) is 0 Å². The third kappa shape index (κ3) is 1.62. The Morgan fingerprint density at radius 2 is 2.25 bits per heavy atom. The second-order valence-corrected chi connectivity index (χ2v) is 3.59. The monoisotopic (exact) mass is 216 g/mol. The number of aryl methyl sites for hydroxylation is 1. The van der Waals surface area contributed by atoms with Crippen LogP contribution in [0.2, 0.25) is 0 Å². The average Bonchev–Trinajstić information content (AvgIpc) is 2.64. The predicted molar refractivity (Wildman–Crippen MR) is 61.9 cm³/mol. The number of hydrogen-bond acceptors (Lipinski definition) is 2. The lowest BCUT2D eigenvalue weighted by atomic mass is 10.2. The van der Waals surface area contributed by atoms with E-state index in [4.69, 9.17) is 5.53 Å². The fraction of sp³-hybridized carbons (Fsp3) is 0.273. The molecule has 0 aliphatic carbocycles. The Balaban J connectivity index is 2.60. The molecule has 5 heteroatoms. The molecule has 2 aromatic rings. The number of benzene rings is 1. The highest BCUT2D eigenvalue weighted by Crippen LogP contribution is 2.25. The summed E-state index contributed by atoms with van der Waals surface area (Å²) in [7, 11) is 1.90. The van der Waals surface area contributed by atoms with Crippen LogP contribution in [0.15, 0.2) is 35.4 Å². The number of aromatic nitrogens is 1. The van der Waals surface area contributed by atoms with E-state index in [1.54, 1.807) is 0 Å². The first-order valence-electron chi connectivity index (χ1n) is 4.97. The van der Waals surface area contributed by atoms with Crippen LogP contribution in [0.4, 0.5) is 0 Å². The summed E-state index contributed by atoms with van der Waals surface area (Å²) in [4.78, 5) is 2.75. The standard InChI is InChI=1S/C11H12N4O/c1-15-10-5-3-2-4-8(10)6-11(15)9(7-16)13-14-12/h2-6,9,16H,7H2,1H3. The molecular formula is C11H12N4O. The van der Waals surface area contributed by atoms with Gasteiger partial charge in [-0.15, -0.1) is 0 Å². The zero-order valence-corrected chi connectivity index (χ0v) is 8.91. The van der Waals surface area contributed by atoms with Crippen LogP contribution in [0, 0.1) is 0 Å². The molecule has 1 atom stereocenters. The molecule has 1 aromatic heterocycles. The Morgan fingerprint density at radius 1 is 1.50 bits per heavy atom. The van der Waals surface area contributed by atoms with Gasteiger partial charge in [-0.05, 0) is 23.1 Å². The number of fused-ring (bicyclic) bond motifs is 1. The van der Waals surface area contributed by atoms with Crippen molar-refractivity contribution in [2.45, 2.75) is 6.04 Å². The smallest absolute Gasteiger partial charge is 0.101 e. The second-order valence-electron chi connectivity index (χ2n) is 3.59. The van der Waals surface area contributed by atoms with Crippen molar-refractivity contribution in [2.24, 2.45) is 12.2 Å². The molecule has 2 rings (SSSR count). The van der Waals surface area contributed by atoms with Crippen LogP contribution in [0.1, 0.15) is 11.7 Å².